The third kappa shape index (κ3) is 2.70. The number of oxazole rings is 1. The van der Waals surface area contributed by atoms with Crippen LogP contribution in [-0.2, 0) is 20.8 Å². The van der Waals surface area contributed by atoms with E-state index in [-0.39, 0.29) is 29.1 Å². The largest absolute Gasteiger partial charge is 0.469 e. The summed E-state index contributed by atoms with van der Waals surface area (Å²) in [4.78, 5) is 27.9. The maximum atomic E-state index is 11.9. The summed E-state index contributed by atoms with van der Waals surface area (Å²) in [5.41, 5.74) is 0.559. The van der Waals surface area contributed by atoms with Gasteiger partial charge < -0.3 is 19.2 Å². The molecule has 24 heavy (non-hydrogen) atoms. The predicted molar refractivity (Wildman–Crippen MR) is 84.2 cm³/mol. The van der Waals surface area contributed by atoms with Crippen LogP contribution < -0.4 is 5.32 Å². The number of esters is 2. The second-order valence-electron chi connectivity index (χ2n) is 6.57. The van der Waals surface area contributed by atoms with Crippen molar-refractivity contribution in [1.29, 1.82) is 0 Å². The number of carbonyl (C=O) groups is 2. The summed E-state index contributed by atoms with van der Waals surface area (Å²) < 4.78 is 15.4. The molecule has 2 aliphatic rings. The van der Waals surface area contributed by atoms with Crippen LogP contribution in [0.1, 0.15) is 54.7 Å². The molecule has 132 valence electrons. The molecule has 0 unspecified atom stereocenters. The first-order valence-corrected chi connectivity index (χ1v) is 8.46. The van der Waals surface area contributed by atoms with Gasteiger partial charge in [-0.2, -0.15) is 0 Å². The number of nitrogens with zero attached hydrogens (tertiary/aromatic N) is 1. The third-order valence-corrected chi connectivity index (χ3v) is 5.43. The number of carbonyl (C=O) groups excluding carboxylic acids is 2. The second kappa shape index (κ2) is 6.55. The highest BCUT2D eigenvalue weighted by molar-refractivity contribution is 5.87. The Hall–Kier alpha value is -1.89. The van der Waals surface area contributed by atoms with Gasteiger partial charge in [0.25, 0.3) is 0 Å². The molecule has 7 nitrogen and oxygen atoms in total. The minimum atomic E-state index is -0.487. The highest BCUT2D eigenvalue weighted by Gasteiger charge is 2.61. The van der Waals surface area contributed by atoms with E-state index >= 15 is 0 Å². The number of hydrogen-bond acceptors (Lipinski definition) is 7. The van der Waals surface area contributed by atoms with Crippen molar-refractivity contribution in [3.63, 3.8) is 0 Å². The number of aromatic nitrogens is 1. The minimum Gasteiger partial charge on any atom is -0.469 e. The zero-order valence-electron chi connectivity index (χ0n) is 14.4. The Morgan fingerprint density at radius 3 is 2.75 bits per heavy atom. The van der Waals surface area contributed by atoms with Crippen molar-refractivity contribution >= 4 is 11.9 Å². The fraction of sp³-hybridized carbons (Fsp3) is 0.706. The van der Waals surface area contributed by atoms with Crippen molar-refractivity contribution in [2.24, 2.45) is 11.3 Å². The summed E-state index contributed by atoms with van der Waals surface area (Å²) in [6.07, 6.45) is 4.01. The Labute approximate surface area is 141 Å². The fourth-order valence-electron chi connectivity index (χ4n) is 3.95. The molecule has 1 spiro atoms. The SMILES string of the molecule is CCOC(=O)c1oc(CN[C@@H]2C[C@H](C(=O)OC)C23CCC3)nc1C. The Bertz CT molecular complexity index is 635. The molecule has 0 aromatic carbocycles. The molecule has 0 aliphatic heterocycles. The number of rotatable bonds is 6. The highest BCUT2D eigenvalue weighted by Crippen LogP contribution is 2.60. The normalized spacial score (nSPS) is 24.1. The van der Waals surface area contributed by atoms with Crippen molar-refractivity contribution in [3.05, 3.63) is 17.3 Å². The number of nitrogens with one attached hydrogen (secondary N) is 1. The number of aryl methyl sites for hydroxylation is 1. The number of methoxy groups -OCH3 is 1. The fourth-order valence-corrected chi connectivity index (χ4v) is 3.95. The molecule has 1 heterocycles. The van der Waals surface area contributed by atoms with Gasteiger partial charge >= 0.3 is 11.9 Å². The van der Waals surface area contributed by atoms with Crippen molar-refractivity contribution in [2.45, 2.75) is 52.1 Å². The lowest BCUT2D eigenvalue weighted by molar-refractivity contribution is -0.171. The minimum absolute atomic E-state index is 0.00450. The lowest BCUT2D eigenvalue weighted by atomic mass is 9.47. The van der Waals surface area contributed by atoms with E-state index in [1.54, 1.807) is 13.8 Å². The van der Waals surface area contributed by atoms with E-state index in [9.17, 15) is 9.59 Å². The summed E-state index contributed by atoms with van der Waals surface area (Å²) in [6, 6.07) is 0.258. The van der Waals surface area contributed by atoms with Crippen LogP contribution in [0.15, 0.2) is 4.42 Å². The average molecular weight is 336 g/mol. The van der Waals surface area contributed by atoms with Gasteiger partial charge in [-0.1, -0.05) is 6.42 Å². The highest BCUT2D eigenvalue weighted by atomic mass is 16.5. The Kier molecular flexibility index (Phi) is 4.62. The average Bonchev–Trinajstić information content (AvgIpc) is 2.85. The van der Waals surface area contributed by atoms with Crippen LogP contribution in [0.4, 0.5) is 0 Å². The van der Waals surface area contributed by atoms with Gasteiger partial charge in [-0.15, -0.1) is 0 Å². The summed E-state index contributed by atoms with van der Waals surface area (Å²) in [5.74, 6) is 0.0256. The maximum absolute atomic E-state index is 11.9. The second-order valence-corrected chi connectivity index (χ2v) is 6.57. The van der Waals surface area contributed by atoms with Gasteiger partial charge in [0.15, 0.2) is 0 Å². The molecule has 3 rings (SSSR count). The van der Waals surface area contributed by atoms with Crippen LogP contribution in [-0.4, -0.2) is 36.7 Å². The first kappa shape index (κ1) is 17.0. The van der Waals surface area contributed by atoms with Crippen LogP contribution >= 0.6 is 0 Å². The van der Waals surface area contributed by atoms with Gasteiger partial charge in [0.05, 0.1) is 31.9 Å². The van der Waals surface area contributed by atoms with Crippen molar-refractivity contribution < 1.29 is 23.5 Å². The molecule has 2 saturated carbocycles. The van der Waals surface area contributed by atoms with E-state index < -0.39 is 5.97 Å². The molecule has 2 atom stereocenters. The van der Waals surface area contributed by atoms with E-state index in [1.165, 1.54) is 7.11 Å². The number of hydrogen-bond donors (Lipinski definition) is 1. The first-order valence-electron chi connectivity index (χ1n) is 8.46. The molecule has 1 aromatic heterocycles. The zero-order chi connectivity index (χ0) is 17.3. The van der Waals surface area contributed by atoms with Crippen LogP contribution in [0.2, 0.25) is 0 Å². The summed E-state index contributed by atoms with van der Waals surface area (Å²) >= 11 is 0. The topological polar surface area (TPSA) is 90.7 Å². The van der Waals surface area contributed by atoms with Crippen molar-refractivity contribution in [1.82, 2.24) is 10.3 Å². The molecule has 1 N–H and O–H groups in total. The number of ether oxygens (including phenoxy) is 2. The summed E-state index contributed by atoms with van der Waals surface area (Å²) in [6.45, 7) is 4.20. The molecular weight excluding hydrogens is 312 g/mol. The van der Waals surface area contributed by atoms with Crippen LogP contribution in [0.5, 0.6) is 0 Å². The Morgan fingerprint density at radius 1 is 1.42 bits per heavy atom. The van der Waals surface area contributed by atoms with Crippen LogP contribution in [0, 0.1) is 18.3 Å². The zero-order valence-corrected chi connectivity index (χ0v) is 14.4. The lowest BCUT2D eigenvalue weighted by Gasteiger charge is -2.60. The molecule has 0 amide bonds. The summed E-state index contributed by atoms with van der Waals surface area (Å²) in [7, 11) is 1.45. The van der Waals surface area contributed by atoms with E-state index in [2.05, 4.69) is 10.3 Å². The maximum Gasteiger partial charge on any atom is 0.376 e. The smallest absolute Gasteiger partial charge is 0.376 e. The quantitative estimate of drug-likeness (QED) is 0.794. The molecule has 0 bridgehead atoms. The predicted octanol–water partition coefficient (Wildman–Crippen LogP) is 1.98. The molecule has 0 radical (unpaired) electrons. The molecular formula is C17H24N2O5. The molecule has 2 fully saturated rings. The molecule has 2 aliphatic carbocycles. The van der Waals surface area contributed by atoms with Crippen molar-refractivity contribution in [2.75, 3.05) is 13.7 Å². The Balaban J connectivity index is 1.60. The first-order chi connectivity index (χ1) is 11.5. The molecule has 7 heteroatoms. The molecule has 0 saturated heterocycles. The van der Waals surface area contributed by atoms with Gasteiger partial charge in [0, 0.05) is 6.04 Å². The van der Waals surface area contributed by atoms with E-state index in [1.807, 2.05) is 0 Å². The van der Waals surface area contributed by atoms with Gasteiger partial charge in [-0.05, 0) is 38.5 Å². The van der Waals surface area contributed by atoms with Gasteiger partial charge in [0.1, 0.15) is 0 Å². The van der Waals surface area contributed by atoms with E-state index in [4.69, 9.17) is 13.9 Å². The summed E-state index contributed by atoms with van der Waals surface area (Å²) in [5, 5.41) is 3.43. The monoisotopic (exact) mass is 336 g/mol. The Morgan fingerprint density at radius 2 is 2.17 bits per heavy atom. The van der Waals surface area contributed by atoms with Gasteiger partial charge in [-0.25, -0.2) is 9.78 Å². The van der Waals surface area contributed by atoms with Crippen LogP contribution in [0.3, 0.4) is 0 Å². The molecule has 1 aromatic rings. The standard InChI is InChI=1S/C17H24N2O5/c1-4-23-16(21)14-10(2)19-13(24-14)9-18-12-8-11(15(20)22-3)17(12)6-5-7-17/h11-12,18H,4-9H2,1-3H3/t11-,12-/m1/s1. The van der Waals surface area contributed by atoms with Gasteiger partial charge in [0.2, 0.25) is 11.7 Å². The van der Waals surface area contributed by atoms with Crippen molar-refractivity contribution in [3.8, 4) is 0 Å². The van der Waals surface area contributed by atoms with E-state index in [0.29, 0.717) is 24.7 Å². The van der Waals surface area contributed by atoms with Crippen LogP contribution in [0.25, 0.3) is 0 Å². The van der Waals surface area contributed by atoms with Gasteiger partial charge in [-0.3, -0.25) is 4.79 Å². The van der Waals surface area contributed by atoms with E-state index in [0.717, 1.165) is 25.7 Å². The third-order valence-electron chi connectivity index (χ3n) is 5.43. The lowest BCUT2D eigenvalue weighted by Crippen LogP contribution is -2.65.